The van der Waals surface area contributed by atoms with E-state index in [0.29, 0.717) is 0 Å². The van der Waals surface area contributed by atoms with Gasteiger partial charge in [-0.2, -0.15) is 0 Å². The highest BCUT2D eigenvalue weighted by Crippen LogP contribution is 2.41. The lowest BCUT2D eigenvalue weighted by Gasteiger charge is -2.33. The Balaban J connectivity index is 2.52. The monoisotopic (exact) mass is 384 g/mol. The minimum atomic E-state index is -1.56. The summed E-state index contributed by atoms with van der Waals surface area (Å²) in [5, 5.41) is 0. The smallest absolute Gasteiger partial charge is 0.330 e. The average Bonchev–Trinajstić information content (AvgIpc) is 2.77. The zero-order chi connectivity index (χ0) is 20.4. The third kappa shape index (κ3) is 4.42. The standard InChI is InChI=1S/C16H20N2O9/c1-8(19)24-7-11-16(4,27-10(3)21)13(25-9(2)20)14(26-11)18-6-5-12(22)17-15(18)23/h5-6,11,13-14H,7H2,1-4H3,(H,17,22,23)/t11-,13+,14+,16+/m1/s1. The molecule has 0 unspecified atom stereocenters. The molecule has 1 aromatic heterocycles. The molecule has 27 heavy (non-hydrogen) atoms. The number of H-pyrrole nitrogens is 1. The van der Waals surface area contributed by atoms with Crippen LogP contribution in [-0.4, -0.2) is 51.9 Å². The van der Waals surface area contributed by atoms with Crippen LogP contribution in [0.3, 0.4) is 0 Å². The summed E-state index contributed by atoms with van der Waals surface area (Å²) in [6.45, 7) is 4.60. The molecule has 1 aromatic rings. The van der Waals surface area contributed by atoms with Crippen molar-refractivity contribution in [3.8, 4) is 0 Å². The van der Waals surface area contributed by atoms with Crippen LogP contribution in [0.25, 0.3) is 0 Å². The van der Waals surface area contributed by atoms with Crippen molar-refractivity contribution < 1.29 is 33.3 Å². The number of nitrogens with one attached hydrogen (secondary N) is 1. The van der Waals surface area contributed by atoms with Gasteiger partial charge in [0.05, 0.1) is 0 Å². The van der Waals surface area contributed by atoms with E-state index in [0.717, 1.165) is 30.7 Å². The van der Waals surface area contributed by atoms with Crippen LogP contribution in [0.2, 0.25) is 0 Å². The van der Waals surface area contributed by atoms with Crippen LogP contribution < -0.4 is 11.2 Å². The molecule has 11 heteroatoms. The van der Waals surface area contributed by atoms with Crippen LogP contribution in [0.5, 0.6) is 0 Å². The molecule has 0 spiro atoms. The highest BCUT2D eigenvalue weighted by molar-refractivity contribution is 5.68. The molecule has 2 rings (SSSR count). The fraction of sp³-hybridized carbons (Fsp3) is 0.562. The Morgan fingerprint density at radius 2 is 1.85 bits per heavy atom. The zero-order valence-electron chi connectivity index (χ0n) is 15.2. The first-order valence-corrected chi connectivity index (χ1v) is 8.01. The minimum absolute atomic E-state index is 0.314. The quantitative estimate of drug-likeness (QED) is 0.512. The first-order chi connectivity index (χ1) is 12.5. The van der Waals surface area contributed by atoms with Gasteiger partial charge in [0.25, 0.3) is 5.56 Å². The lowest BCUT2D eigenvalue weighted by atomic mass is 9.94. The van der Waals surface area contributed by atoms with E-state index in [2.05, 4.69) is 4.98 Å². The molecule has 0 bridgehead atoms. The Morgan fingerprint density at radius 1 is 1.19 bits per heavy atom. The largest absolute Gasteiger partial charge is 0.463 e. The van der Waals surface area contributed by atoms with E-state index in [9.17, 15) is 24.0 Å². The third-order valence-corrected chi connectivity index (χ3v) is 3.99. The summed E-state index contributed by atoms with van der Waals surface area (Å²) >= 11 is 0. The number of aromatic nitrogens is 2. The van der Waals surface area contributed by atoms with Gasteiger partial charge in [0.1, 0.15) is 12.7 Å². The summed E-state index contributed by atoms with van der Waals surface area (Å²) in [5.41, 5.74) is -3.01. The SMILES string of the molecule is CC(=O)OC[C@H]1O[C@H](n2ccc(=O)[nH]c2=O)[C@H](OC(C)=O)[C@@]1(C)OC(C)=O. The summed E-state index contributed by atoms with van der Waals surface area (Å²) in [6, 6.07) is 1.08. The van der Waals surface area contributed by atoms with Gasteiger partial charge in [-0.3, -0.25) is 28.7 Å². The van der Waals surface area contributed by atoms with Crippen LogP contribution in [-0.2, 0) is 33.3 Å². The molecule has 11 nitrogen and oxygen atoms in total. The fourth-order valence-electron chi connectivity index (χ4n) is 2.87. The summed E-state index contributed by atoms with van der Waals surface area (Å²) in [6.07, 6.45) is -2.37. The molecule has 4 atom stereocenters. The van der Waals surface area contributed by atoms with Crippen molar-refractivity contribution in [1.82, 2.24) is 9.55 Å². The number of ether oxygens (including phenoxy) is 4. The Labute approximate surface area is 153 Å². The van der Waals surface area contributed by atoms with Gasteiger partial charge in [0.2, 0.25) is 0 Å². The number of nitrogens with zero attached hydrogens (tertiary/aromatic N) is 1. The molecular formula is C16H20N2O9. The van der Waals surface area contributed by atoms with Gasteiger partial charge in [0, 0.05) is 33.0 Å². The van der Waals surface area contributed by atoms with Crippen molar-refractivity contribution in [2.75, 3.05) is 6.61 Å². The number of hydrogen-bond acceptors (Lipinski definition) is 9. The lowest BCUT2D eigenvalue weighted by molar-refractivity contribution is -0.183. The van der Waals surface area contributed by atoms with E-state index < -0.39 is 53.2 Å². The highest BCUT2D eigenvalue weighted by Gasteiger charge is 2.59. The molecule has 1 N–H and O–H groups in total. The first-order valence-electron chi connectivity index (χ1n) is 8.01. The van der Waals surface area contributed by atoms with Crippen molar-refractivity contribution in [3.05, 3.63) is 33.1 Å². The Bertz CT molecular complexity index is 858. The lowest BCUT2D eigenvalue weighted by Crippen LogP contribution is -2.52. The summed E-state index contributed by atoms with van der Waals surface area (Å²) in [7, 11) is 0. The number of carbonyl (C=O) groups is 3. The fourth-order valence-corrected chi connectivity index (χ4v) is 2.87. The molecule has 148 valence electrons. The molecule has 0 amide bonds. The molecule has 0 radical (unpaired) electrons. The Kier molecular flexibility index (Phi) is 5.84. The van der Waals surface area contributed by atoms with Crippen molar-refractivity contribution in [3.63, 3.8) is 0 Å². The van der Waals surface area contributed by atoms with Crippen LogP contribution >= 0.6 is 0 Å². The van der Waals surface area contributed by atoms with E-state index in [4.69, 9.17) is 18.9 Å². The number of esters is 3. The van der Waals surface area contributed by atoms with E-state index >= 15 is 0 Å². The molecule has 1 saturated heterocycles. The molecular weight excluding hydrogens is 364 g/mol. The molecule has 2 heterocycles. The van der Waals surface area contributed by atoms with E-state index in [1.807, 2.05) is 0 Å². The molecule has 0 aromatic carbocycles. The Hall–Kier alpha value is -2.95. The van der Waals surface area contributed by atoms with Gasteiger partial charge in [-0.05, 0) is 6.92 Å². The molecule has 0 saturated carbocycles. The second-order valence-electron chi connectivity index (χ2n) is 6.14. The van der Waals surface area contributed by atoms with Crippen molar-refractivity contribution >= 4 is 17.9 Å². The topological polar surface area (TPSA) is 143 Å². The zero-order valence-corrected chi connectivity index (χ0v) is 15.2. The van der Waals surface area contributed by atoms with Crippen LogP contribution in [0.4, 0.5) is 0 Å². The van der Waals surface area contributed by atoms with Gasteiger partial charge in [-0.1, -0.05) is 0 Å². The maximum atomic E-state index is 12.2. The van der Waals surface area contributed by atoms with Gasteiger partial charge in [0.15, 0.2) is 17.9 Å². The van der Waals surface area contributed by atoms with Crippen LogP contribution in [0.1, 0.15) is 33.9 Å². The highest BCUT2D eigenvalue weighted by atomic mass is 16.7. The maximum absolute atomic E-state index is 12.2. The van der Waals surface area contributed by atoms with Gasteiger partial charge < -0.3 is 18.9 Å². The van der Waals surface area contributed by atoms with Crippen molar-refractivity contribution in [2.45, 2.75) is 51.7 Å². The minimum Gasteiger partial charge on any atom is -0.463 e. The van der Waals surface area contributed by atoms with Crippen LogP contribution in [0.15, 0.2) is 21.9 Å². The van der Waals surface area contributed by atoms with Crippen molar-refractivity contribution in [2.24, 2.45) is 0 Å². The van der Waals surface area contributed by atoms with E-state index in [1.54, 1.807) is 0 Å². The van der Waals surface area contributed by atoms with E-state index in [1.165, 1.54) is 13.8 Å². The van der Waals surface area contributed by atoms with E-state index in [-0.39, 0.29) is 6.61 Å². The van der Waals surface area contributed by atoms with Gasteiger partial charge >= 0.3 is 23.6 Å². The molecule has 1 aliphatic heterocycles. The number of carbonyl (C=O) groups excluding carboxylic acids is 3. The third-order valence-electron chi connectivity index (χ3n) is 3.99. The predicted molar refractivity (Wildman–Crippen MR) is 87.6 cm³/mol. The first kappa shape index (κ1) is 20.4. The number of hydrogen-bond donors (Lipinski definition) is 1. The Morgan fingerprint density at radius 3 is 2.37 bits per heavy atom. The summed E-state index contributed by atoms with van der Waals surface area (Å²) in [5.74, 6) is -2.00. The van der Waals surface area contributed by atoms with Gasteiger partial charge in [-0.25, -0.2) is 4.79 Å². The number of rotatable bonds is 5. The second kappa shape index (κ2) is 7.74. The van der Waals surface area contributed by atoms with Gasteiger partial charge in [-0.15, -0.1) is 0 Å². The number of aromatic amines is 1. The molecule has 1 aliphatic rings. The molecule has 1 fully saturated rings. The average molecular weight is 384 g/mol. The van der Waals surface area contributed by atoms with Crippen molar-refractivity contribution in [1.29, 1.82) is 0 Å². The normalized spacial score (nSPS) is 27.0. The summed E-state index contributed by atoms with van der Waals surface area (Å²) in [4.78, 5) is 59.9. The second-order valence-corrected chi connectivity index (χ2v) is 6.14. The summed E-state index contributed by atoms with van der Waals surface area (Å²) < 4.78 is 22.3. The predicted octanol–water partition coefficient (Wildman–Crippen LogP) is -0.749. The molecule has 0 aliphatic carbocycles. The maximum Gasteiger partial charge on any atom is 0.330 e. The van der Waals surface area contributed by atoms with Crippen LogP contribution in [0, 0.1) is 0 Å².